The molecule has 2 heterocycles. The first kappa shape index (κ1) is 8.74. The van der Waals surface area contributed by atoms with Gasteiger partial charge in [0.2, 0.25) is 0 Å². The Labute approximate surface area is 92.5 Å². The number of carbonyl (C=O) groups is 1. The van der Waals surface area contributed by atoms with Gasteiger partial charge in [0.1, 0.15) is 0 Å². The molecular weight excluding hydrogens is 210 g/mol. The van der Waals surface area contributed by atoms with Crippen LogP contribution in [0.15, 0.2) is 36.0 Å². The second-order valence-electron chi connectivity index (χ2n) is 3.67. The summed E-state index contributed by atoms with van der Waals surface area (Å²) in [5.74, 6) is 0.0573. The standard InChI is InChI=1S/C12H8ClNO/c13-10-2-1-8-7-14-11(3-4-12(14)15)6-9(8)5-10/h1-6H,7H2. The molecule has 3 heteroatoms. The molecule has 0 atom stereocenters. The van der Waals surface area contributed by atoms with Crippen LogP contribution < -0.4 is 0 Å². The predicted molar refractivity (Wildman–Crippen MR) is 59.1 cm³/mol. The van der Waals surface area contributed by atoms with E-state index < -0.39 is 0 Å². The van der Waals surface area contributed by atoms with Gasteiger partial charge in [-0.3, -0.25) is 4.79 Å². The largest absolute Gasteiger partial charge is 0.304 e. The average Bonchev–Trinajstić information content (AvgIpc) is 2.57. The number of halogens is 1. The van der Waals surface area contributed by atoms with E-state index in [2.05, 4.69) is 0 Å². The summed E-state index contributed by atoms with van der Waals surface area (Å²) in [5, 5.41) is 0.729. The summed E-state index contributed by atoms with van der Waals surface area (Å²) in [5.41, 5.74) is 3.20. The molecule has 0 fully saturated rings. The molecule has 0 saturated heterocycles. The minimum absolute atomic E-state index is 0.0573. The number of benzene rings is 1. The Bertz CT molecular complexity index is 516. The van der Waals surface area contributed by atoms with Crippen LogP contribution in [0.1, 0.15) is 11.1 Å². The van der Waals surface area contributed by atoms with Gasteiger partial charge in [0.25, 0.3) is 5.91 Å². The van der Waals surface area contributed by atoms with E-state index in [4.69, 9.17) is 11.6 Å². The van der Waals surface area contributed by atoms with E-state index in [1.54, 1.807) is 11.0 Å². The maximum Gasteiger partial charge on any atom is 0.251 e. The van der Waals surface area contributed by atoms with Crippen molar-refractivity contribution in [3.05, 3.63) is 52.2 Å². The lowest BCUT2D eigenvalue weighted by molar-refractivity contribution is -0.123. The fraction of sp³-hybridized carbons (Fsp3) is 0.0833. The molecule has 15 heavy (non-hydrogen) atoms. The third kappa shape index (κ3) is 1.29. The first-order chi connectivity index (χ1) is 7.24. The SMILES string of the molecule is O=C1C=CC2=Cc3cc(Cl)ccc3CN12. The maximum atomic E-state index is 11.5. The number of nitrogens with zero attached hydrogens (tertiary/aromatic N) is 1. The average molecular weight is 218 g/mol. The van der Waals surface area contributed by atoms with Crippen molar-refractivity contribution in [3.8, 4) is 0 Å². The molecule has 0 bridgehead atoms. The summed E-state index contributed by atoms with van der Waals surface area (Å²) in [7, 11) is 0. The molecule has 2 aliphatic rings. The monoisotopic (exact) mass is 217 g/mol. The van der Waals surface area contributed by atoms with Crippen LogP contribution in [0.25, 0.3) is 6.08 Å². The smallest absolute Gasteiger partial charge is 0.251 e. The van der Waals surface area contributed by atoms with E-state index in [9.17, 15) is 4.79 Å². The summed E-state index contributed by atoms with van der Waals surface area (Å²) in [6.45, 7) is 0.643. The number of hydrogen-bond acceptors (Lipinski definition) is 1. The van der Waals surface area contributed by atoms with E-state index in [-0.39, 0.29) is 5.91 Å². The molecule has 0 spiro atoms. The first-order valence-electron chi connectivity index (χ1n) is 4.74. The van der Waals surface area contributed by atoms with Gasteiger partial charge in [0.05, 0.1) is 6.54 Å². The second-order valence-corrected chi connectivity index (χ2v) is 4.11. The maximum absolute atomic E-state index is 11.5. The van der Waals surface area contributed by atoms with Crippen molar-refractivity contribution in [1.29, 1.82) is 0 Å². The summed E-state index contributed by atoms with van der Waals surface area (Å²) in [6, 6.07) is 5.75. The van der Waals surface area contributed by atoms with Gasteiger partial charge in [0.15, 0.2) is 0 Å². The summed E-state index contributed by atoms with van der Waals surface area (Å²) >= 11 is 5.92. The van der Waals surface area contributed by atoms with Crippen molar-refractivity contribution in [1.82, 2.24) is 4.90 Å². The van der Waals surface area contributed by atoms with Crippen LogP contribution >= 0.6 is 11.6 Å². The van der Waals surface area contributed by atoms with Crippen molar-refractivity contribution in [2.45, 2.75) is 6.54 Å². The number of fused-ring (bicyclic) bond motifs is 2. The van der Waals surface area contributed by atoms with Gasteiger partial charge in [-0.05, 0) is 35.4 Å². The van der Waals surface area contributed by atoms with E-state index in [0.29, 0.717) is 6.54 Å². The van der Waals surface area contributed by atoms with Gasteiger partial charge >= 0.3 is 0 Å². The molecule has 2 aliphatic heterocycles. The van der Waals surface area contributed by atoms with Gasteiger partial charge in [-0.15, -0.1) is 0 Å². The molecule has 74 valence electrons. The van der Waals surface area contributed by atoms with Crippen LogP contribution in [0.4, 0.5) is 0 Å². The van der Waals surface area contributed by atoms with E-state index in [1.165, 1.54) is 0 Å². The Balaban J connectivity index is 2.14. The van der Waals surface area contributed by atoms with Crippen molar-refractivity contribution in [2.24, 2.45) is 0 Å². The molecule has 0 aromatic heterocycles. The number of carbonyl (C=O) groups excluding carboxylic acids is 1. The number of allylic oxidation sites excluding steroid dienone is 1. The zero-order valence-corrected chi connectivity index (χ0v) is 8.66. The molecule has 1 amide bonds. The third-order valence-electron chi connectivity index (χ3n) is 2.71. The zero-order valence-electron chi connectivity index (χ0n) is 7.90. The van der Waals surface area contributed by atoms with Gasteiger partial charge < -0.3 is 4.90 Å². The molecule has 0 unspecified atom stereocenters. The van der Waals surface area contributed by atoms with E-state index in [0.717, 1.165) is 21.8 Å². The second kappa shape index (κ2) is 2.97. The molecule has 0 aliphatic carbocycles. The lowest BCUT2D eigenvalue weighted by atomic mass is 10.0. The molecule has 2 nitrogen and oxygen atoms in total. The van der Waals surface area contributed by atoms with Gasteiger partial charge in [-0.25, -0.2) is 0 Å². The van der Waals surface area contributed by atoms with Gasteiger partial charge in [0, 0.05) is 16.8 Å². The molecule has 0 N–H and O–H groups in total. The molecule has 0 radical (unpaired) electrons. The molecule has 1 aromatic carbocycles. The van der Waals surface area contributed by atoms with E-state index >= 15 is 0 Å². The normalized spacial score (nSPS) is 17.5. The van der Waals surface area contributed by atoms with Crippen LogP contribution in [0.2, 0.25) is 5.02 Å². The Morgan fingerprint density at radius 1 is 1.27 bits per heavy atom. The molecular formula is C12H8ClNO. The number of amides is 1. The van der Waals surface area contributed by atoms with Crippen LogP contribution in [0.3, 0.4) is 0 Å². The summed E-state index contributed by atoms with van der Waals surface area (Å²) < 4.78 is 0. The lowest BCUT2D eigenvalue weighted by Crippen LogP contribution is -2.26. The Morgan fingerprint density at radius 3 is 3.00 bits per heavy atom. The van der Waals surface area contributed by atoms with E-state index in [1.807, 2.05) is 30.4 Å². The van der Waals surface area contributed by atoms with Crippen molar-refractivity contribution in [3.63, 3.8) is 0 Å². The quantitative estimate of drug-likeness (QED) is 0.654. The predicted octanol–water partition coefficient (Wildman–Crippen LogP) is 2.59. The number of rotatable bonds is 0. The highest BCUT2D eigenvalue weighted by atomic mass is 35.5. The first-order valence-corrected chi connectivity index (χ1v) is 5.11. The number of hydrogen-bond donors (Lipinski definition) is 0. The van der Waals surface area contributed by atoms with Gasteiger partial charge in [-0.2, -0.15) is 0 Å². The molecule has 3 rings (SSSR count). The van der Waals surface area contributed by atoms with Crippen LogP contribution in [0, 0.1) is 0 Å². The third-order valence-corrected chi connectivity index (χ3v) is 2.95. The topological polar surface area (TPSA) is 20.3 Å². The lowest BCUT2D eigenvalue weighted by Gasteiger charge is -2.24. The highest BCUT2D eigenvalue weighted by molar-refractivity contribution is 6.30. The highest BCUT2D eigenvalue weighted by Crippen LogP contribution is 2.30. The van der Waals surface area contributed by atoms with Crippen molar-refractivity contribution in [2.75, 3.05) is 0 Å². The van der Waals surface area contributed by atoms with Crippen LogP contribution in [-0.2, 0) is 11.3 Å². The van der Waals surface area contributed by atoms with Gasteiger partial charge in [-0.1, -0.05) is 17.7 Å². The fourth-order valence-electron chi connectivity index (χ4n) is 1.93. The summed E-state index contributed by atoms with van der Waals surface area (Å²) in [6.07, 6.45) is 5.43. The minimum atomic E-state index is 0.0573. The van der Waals surface area contributed by atoms with Crippen molar-refractivity contribution >= 4 is 23.6 Å². The van der Waals surface area contributed by atoms with Crippen LogP contribution in [0.5, 0.6) is 0 Å². The Hall–Kier alpha value is -1.54. The molecule has 0 saturated carbocycles. The molecule has 1 aromatic rings. The Morgan fingerprint density at radius 2 is 2.13 bits per heavy atom. The minimum Gasteiger partial charge on any atom is -0.304 e. The summed E-state index contributed by atoms with van der Waals surface area (Å²) in [4.78, 5) is 13.2. The highest BCUT2D eigenvalue weighted by Gasteiger charge is 2.24. The van der Waals surface area contributed by atoms with Crippen molar-refractivity contribution < 1.29 is 4.79 Å². The van der Waals surface area contributed by atoms with Crippen LogP contribution in [-0.4, -0.2) is 10.8 Å². The zero-order chi connectivity index (χ0) is 10.4. The Kier molecular flexibility index (Phi) is 1.73. The fourth-order valence-corrected chi connectivity index (χ4v) is 2.11.